The minimum absolute atomic E-state index is 0.683. The molecule has 0 saturated carbocycles. The van der Waals surface area contributed by atoms with Gasteiger partial charge in [-0.1, -0.05) is 60.7 Å². The number of rotatable bonds is 5. The summed E-state index contributed by atoms with van der Waals surface area (Å²) in [6, 6.07) is 21.0. The van der Waals surface area contributed by atoms with Gasteiger partial charge in [0.1, 0.15) is 5.69 Å². The van der Waals surface area contributed by atoms with Crippen molar-refractivity contribution in [2.45, 2.75) is 13.8 Å². The molecule has 0 N–H and O–H groups in total. The quantitative estimate of drug-likeness (QED) is 0.673. The molecule has 112 valence electrons. The van der Waals surface area contributed by atoms with E-state index in [-0.39, 0.29) is 0 Å². The Kier molecular flexibility index (Phi) is 4.24. The Labute approximate surface area is 131 Å². The smallest absolute Gasteiger partial charge is 0.298 e. The van der Waals surface area contributed by atoms with Crippen molar-refractivity contribution >= 4 is 6.01 Å². The molecular formula is C19H20N2O. The summed E-state index contributed by atoms with van der Waals surface area (Å²) in [6.45, 7) is 5.97. The molecule has 0 spiro atoms. The molecule has 3 nitrogen and oxygen atoms in total. The summed E-state index contributed by atoms with van der Waals surface area (Å²) >= 11 is 0. The van der Waals surface area contributed by atoms with E-state index in [4.69, 9.17) is 9.40 Å². The van der Waals surface area contributed by atoms with Crippen LogP contribution in [-0.2, 0) is 0 Å². The van der Waals surface area contributed by atoms with Crippen LogP contribution in [0.3, 0.4) is 0 Å². The number of nitrogens with zero attached hydrogens (tertiary/aromatic N) is 2. The molecule has 1 aromatic heterocycles. The van der Waals surface area contributed by atoms with E-state index in [0.717, 1.165) is 35.7 Å². The van der Waals surface area contributed by atoms with Crippen LogP contribution in [0.25, 0.3) is 22.6 Å². The van der Waals surface area contributed by atoms with Crippen molar-refractivity contribution in [1.29, 1.82) is 0 Å². The predicted molar refractivity (Wildman–Crippen MR) is 90.9 cm³/mol. The van der Waals surface area contributed by atoms with Gasteiger partial charge in [0.2, 0.25) is 0 Å². The van der Waals surface area contributed by atoms with Crippen molar-refractivity contribution in [3.63, 3.8) is 0 Å². The molecule has 2 aromatic carbocycles. The van der Waals surface area contributed by atoms with Crippen LogP contribution in [0.15, 0.2) is 65.1 Å². The third-order valence-electron chi connectivity index (χ3n) is 3.73. The van der Waals surface area contributed by atoms with Crippen molar-refractivity contribution in [3.8, 4) is 22.6 Å². The molecule has 0 unspecified atom stereocenters. The Morgan fingerprint density at radius 1 is 0.818 bits per heavy atom. The second-order valence-electron chi connectivity index (χ2n) is 5.08. The van der Waals surface area contributed by atoms with Gasteiger partial charge in [0.25, 0.3) is 6.01 Å². The minimum atomic E-state index is 0.683. The maximum Gasteiger partial charge on any atom is 0.298 e. The molecule has 0 fully saturated rings. The lowest BCUT2D eigenvalue weighted by molar-refractivity contribution is 0.552. The van der Waals surface area contributed by atoms with Gasteiger partial charge in [-0.2, -0.15) is 4.98 Å². The molecule has 22 heavy (non-hydrogen) atoms. The van der Waals surface area contributed by atoms with Gasteiger partial charge in [-0.3, -0.25) is 0 Å². The van der Waals surface area contributed by atoms with Crippen molar-refractivity contribution in [1.82, 2.24) is 4.98 Å². The summed E-state index contributed by atoms with van der Waals surface area (Å²) < 4.78 is 6.11. The van der Waals surface area contributed by atoms with Gasteiger partial charge in [-0.05, 0) is 13.8 Å². The minimum Gasteiger partial charge on any atom is -0.423 e. The Bertz CT molecular complexity index is 659. The summed E-state index contributed by atoms with van der Waals surface area (Å²) in [5.41, 5.74) is 3.02. The third-order valence-corrected chi connectivity index (χ3v) is 3.73. The lowest BCUT2D eigenvalue weighted by Gasteiger charge is -2.14. The van der Waals surface area contributed by atoms with E-state index in [1.54, 1.807) is 0 Å². The zero-order valence-corrected chi connectivity index (χ0v) is 13.0. The predicted octanol–water partition coefficient (Wildman–Crippen LogP) is 4.85. The van der Waals surface area contributed by atoms with Crippen molar-refractivity contribution in [2.24, 2.45) is 0 Å². The molecule has 3 rings (SSSR count). The molecule has 0 bridgehead atoms. The molecule has 3 heteroatoms. The monoisotopic (exact) mass is 292 g/mol. The first-order valence-corrected chi connectivity index (χ1v) is 7.70. The van der Waals surface area contributed by atoms with Crippen LogP contribution in [0.2, 0.25) is 0 Å². The first-order chi connectivity index (χ1) is 10.8. The van der Waals surface area contributed by atoms with Crippen LogP contribution in [0.5, 0.6) is 0 Å². The van der Waals surface area contributed by atoms with E-state index in [0.29, 0.717) is 6.01 Å². The topological polar surface area (TPSA) is 29.3 Å². The van der Waals surface area contributed by atoms with Crippen molar-refractivity contribution < 1.29 is 4.42 Å². The Hall–Kier alpha value is -2.55. The first-order valence-electron chi connectivity index (χ1n) is 7.70. The fourth-order valence-electron chi connectivity index (χ4n) is 2.52. The van der Waals surface area contributed by atoms with Gasteiger partial charge in [-0.15, -0.1) is 0 Å². The normalized spacial score (nSPS) is 10.6. The Morgan fingerprint density at radius 3 is 1.91 bits per heavy atom. The van der Waals surface area contributed by atoms with Crippen LogP contribution in [0.4, 0.5) is 6.01 Å². The Morgan fingerprint density at radius 2 is 1.36 bits per heavy atom. The SMILES string of the molecule is CCN(CC)c1nc(-c2ccccc2)c(-c2ccccc2)o1. The molecule has 0 saturated heterocycles. The zero-order chi connectivity index (χ0) is 15.4. The van der Waals surface area contributed by atoms with E-state index >= 15 is 0 Å². The van der Waals surface area contributed by atoms with E-state index in [9.17, 15) is 0 Å². The molecule has 0 aliphatic rings. The number of oxazole rings is 1. The first kappa shape index (κ1) is 14.4. The number of benzene rings is 2. The number of aromatic nitrogens is 1. The van der Waals surface area contributed by atoms with Gasteiger partial charge >= 0.3 is 0 Å². The summed E-state index contributed by atoms with van der Waals surface area (Å²) in [4.78, 5) is 6.88. The van der Waals surface area contributed by atoms with E-state index in [1.165, 1.54) is 0 Å². The molecule has 0 aliphatic heterocycles. The summed E-state index contributed by atoms with van der Waals surface area (Å²) in [5.74, 6) is 0.828. The maximum absolute atomic E-state index is 6.11. The molecule has 0 amide bonds. The average molecular weight is 292 g/mol. The lowest BCUT2D eigenvalue weighted by Crippen LogP contribution is -2.21. The van der Waals surface area contributed by atoms with Gasteiger partial charge in [0.15, 0.2) is 5.76 Å². The average Bonchev–Trinajstić information content (AvgIpc) is 3.03. The molecule has 1 heterocycles. The van der Waals surface area contributed by atoms with Gasteiger partial charge in [0, 0.05) is 24.2 Å². The highest BCUT2D eigenvalue weighted by molar-refractivity contribution is 5.78. The second-order valence-corrected chi connectivity index (χ2v) is 5.08. The van der Waals surface area contributed by atoms with Crippen LogP contribution >= 0.6 is 0 Å². The number of hydrogen-bond acceptors (Lipinski definition) is 3. The molecule has 0 atom stereocenters. The summed E-state index contributed by atoms with van der Waals surface area (Å²) in [5, 5.41) is 0. The van der Waals surface area contributed by atoms with Crippen LogP contribution in [0.1, 0.15) is 13.8 Å². The third kappa shape index (κ3) is 2.75. The number of hydrogen-bond donors (Lipinski definition) is 0. The standard InChI is InChI=1S/C19H20N2O/c1-3-21(4-2)19-20-17(15-11-7-5-8-12-15)18(22-19)16-13-9-6-10-14-16/h5-14H,3-4H2,1-2H3. The lowest BCUT2D eigenvalue weighted by atomic mass is 10.1. The summed E-state index contributed by atoms with van der Waals surface area (Å²) in [6.07, 6.45) is 0. The van der Waals surface area contributed by atoms with E-state index < -0.39 is 0 Å². The highest BCUT2D eigenvalue weighted by atomic mass is 16.4. The highest BCUT2D eigenvalue weighted by Crippen LogP contribution is 2.35. The molecule has 0 aliphatic carbocycles. The van der Waals surface area contributed by atoms with E-state index in [1.807, 2.05) is 36.4 Å². The van der Waals surface area contributed by atoms with Crippen LogP contribution in [-0.4, -0.2) is 18.1 Å². The van der Waals surface area contributed by atoms with E-state index in [2.05, 4.69) is 43.0 Å². The molecule has 0 radical (unpaired) electrons. The fraction of sp³-hybridized carbons (Fsp3) is 0.211. The zero-order valence-electron chi connectivity index (χ0n) is 13.0. The maximum atomic E-state index is 6.11. The van der Waals surface area contributed by atoms with Crippen LogP contribution in [0, 0.1) is 0 Å². The van der Waals surface area contributed by atoms with Crippen molar-refractivity contribution in [3.05, 3.63) is 60.7 Å². The second kappa shape index (κ2) is 6.48. The van der Waals surface area contributed by atoms with Gasteiger partial charge in [0.05, 0.1) is 0 Å². The Balaban J connectivity index is 2.14. The largest absolute Gasteiger partial charge is 0.423 e. The van der Waals surface area contributed by atoms with Gasteiger partial charge in [-0.25, -0.2) is 0 Å². The summed E-state index contributed by atoms with van der Waals surface area (Å²) in [7, 11) is 0. The number of anilines is 1. The molecular weight excluding hydrogens is 272 g/mol. The van der Waals surface area contributed by atoms with Crippen LogP contribution < -0.4 is 4.90 Å². The van der Waals surface area contributed by atoms with Gasteiger partial charge < -0.3 is 9.32 Å². The molecule has 3 aromatic rings. The van der Waals surface area contributed by atoms with Crippen molar-refractivity contribution in [2.75, 3.05) is 18.0 Å². The highest BCUT2D eigenvalue weighted by Gasteiger charge is 2.19. The fourth-order valence-corrected chi connectivity index (χ4v) is 2.52.